The smallest absolute Gasteiger partial charge is 0.224 e. The Labute approximate surface area is 157 Å². The summed E-state index contributed by atoms with van der Waals surface area (Å²) in [7, 11) is 1.70. The van der Waals surface area contributed by atoms with Gasteiger partial charge in [-0.3, -0.25) is 9.79 Å². The fourth-order valence-corrected chi connectivity index (χ4v) is 3.23. The molecular weight excluding hydrogens is 353 g/mol. The van der Waals surface area contributed by atoms with Gasteiger partial charge in [0.1, 0.15) is 5.82 Å². The molecule has 3 N–H and O–H groups in total. The standard InChI is InChI=1S/C18H24FN5OS/c1-12-16(26-13(2)24-12)11-23-18(20-3)22-9-8-21-17(25)10-14-4-6-15(19)7-5-14/h4-7H,8-11H2,1-3H3,(H,21,25)(H2,20,22,23). The fraction of sp³-hybridized carbons (Fsp3) is 0.389. The van der Waals surface area contributed by atoms with Crippen LogP contribution in [0.1, 0.15) is 21.1 Å². The van der Waals surface area contributed by atoms with E-state index in [-0.39, 0.29) is 18.1 Å². The van der Waals surface area contributed by atoms with Crippen LogP contribution in [0.2, 0.25) is 0 Å². The highest BCUT2D eigenvalue weighted by Gasteiger charge is 2.06. The number of rotatable bonds is 7. The van der Waals surface area contributed by atoms with E-state index in [0.717, 1.165) is 16.3 Å². The molecule has 2 rings (SSSR count). The summed E-state index contributed by atoms with van der Waals surface area (Å²) in [5.41, 5.74) is 1.81. The van der Waals surface area contributed by atoms with Crippen molar-refractivity contribution in [1.82, 2.24) is 20.9 Å². The van der Waals surface area contributed by atoms with Crippen LogP contribution >= 0.6 is 11.3 Å². The van der Waals surface area contributed by atoms with Gasteiger partial charge in [-0.05, 0) is 31.5 Å². The molecule has 0 atom stereocenters. The van der Waals surface area contributed by atoms with E-state index in [1.54, 1.807) is 30.5 Å². The maximum absolute atomic E-state index is 12.8. The zero-order valence-electron chi connectivity index (χ0n) is 15.2. The summed E-state index contributed by atoms with van der Waals surface area (Å²) < 4.78 is 12.8. The Morgan fingerprint density at radius 2 is 1.85 bits per heavy atom. The van der Waals surface area contributed by atoms with Crippen molar-refractivity contribution in [2.24, 2.45) is 4.99 Å². The molecule has 0 aliphatic rings. The number of amides is 1. The first kappa shape index (κ1) is 19.8. The van der Waals surface area contributed by atoms with E-state index >= 15 is 0 Å². The Kier molecular flexibility index (Phi) is 7.53. The Balaban J connectivity index is 1.66. The minimum Gasteiger partial charge on any atom is -0.355 e. The van der Waals surface area contributed by atoms with Crippen LogP contribution in [-0.2, 0) is 17.8 Å². The van der Waals surface area contributed by atoms with Gasteiger partial charge >= 0.3 is 0 Å². The van der Waals surface area contributed by atoms with Crippen LogP contribution in [0, 0.1) is 19.7 Å². The Bertz CT molecular complexity index is 757. The monoisotopic (exact) mass is 377 g/mol. The van der Waals surface area contributed by atoms with Gasteiger partial charge in [-0.25, -0.2) is 9.37 Å². The second-order valence-electron chi connectivity index (χ2n) is 5.75. The van der Waals surface area contributed by atoms with Gasteiger partial charge in [0.2, 0.25) is 5.91 Å². The molecule has 0 aliphatic carbocycles. The Morgan fingerprint density at radius 1 is 1.15 bits per heavy atom. The van der Waals surface area contributed by atoms with Crippen LogP contribution in [0.15, 0.2) is 29.3 Å². The minimum atomic E-state index is -0.305. The number of carbonyl (C=O) groups excluding carboxylic acids is 1. The first-order valence-corrected chi connectivity index (χ1v) is 9.18. The first-order chi connectivity index (χ1) is 12.5. The summed E-state index contributed by atoms with van der Waals surface area (Å²) in [5.74, 6) is 0.265. The van der Waals surface area contributed by atoms with Gasteiger partial charge in [0.25, 0.3) is 0 Å². The van der Waals surface area contributed by atoms with E-state index in [9.17, 15) is 9.18 Å². The molecule has 1 aromatic heterocycles. The molecule has 0 spiro atoms. The van der Waals surface area contributed by atoms with E-state index in [2.05, 4.69) is 25.9 Å². The molecule has 0 radical (unpaired) electrons. The topological polar surface area (TPSA) is 78.4 Å². The number of hydrogen-bond acceptors (Lipinski definition) is 4. The van der Waals surface area contributed by atoms with Crippen molar-refractivity contribution in [3.8, 4) is 0 Å². The highest BCUT2D eigenvalue weighted by molar-refractivity contribution is 7.11. The van der Waals surface area contributed by atoms with Crippen LogP contribution < -0.4 is 16.0 Å². The zero-order valence-corrected chi connectivity index (χ0v) is 16.0. The van der Waals surface area contributed by atoms with E-state index in [1.165, 1.54) is 17.0 Å². The number of benzene rings is 1. The molecule has 0 bridgehead atoms. The minimum absolute atomic E-state index is 0.0999. The van der Waals surface area contributed by atoms with Crippen LogP contribution in [-0.4, -0.2) is 37.0 Å². The number of guanidine groups is 1. The number of aromatic nitrogens is 1. The van der Waals surface area contributed by atoms with Crippen LogP contribution in [0.3, 0.4) is 0 Å². The number of nitrogens with zero attached hydrogens (tertiary/aromatic N) is 2. The molecular formula is C18H24FN5OS. The SMILES string of the molecule is CN=C(NCCNC(=O)Cc1ccc(F)cc1)NCc1sc(C)nc1C. The largest absolute Gasteiger partial charge is 0.355 e. The number of halogens is 1. The molecule has 0 unspecified atom stereocenters. The lowest BCUT2D eigenvalue weighted by Gasteiger charge is -2.12. The molecule has 1 heterocycles. The van der Waals surface area contributed by atoms with E-state index < -0.39 is 0 Å². The third-order valence-electron chi connectivity index (χ3n) is 3.66. The number of thiazole rings is 1. The Morgan fingerprint density at radius 3 is 2.46 bits per heavy atom. The van der Waals surface area contributed by atoms with Gasteiger partial charge < -0.3 is 16.0 Å². The van der Waals surface area contributed by atoms with Crippen molar-refractivity contribution in [2.45, 2.75) is 26.8 Å². The molecule has 0 fully saturated rings. The van der Waals surface area contributed by atoms with Crippen molar-refractivity contribution >= 4 is 23.2 Å². The fourth-order valence-electron chi connectivity index (χ4n) is 2.36. The lowest BCUT2D eigenvalue weighted by Crippen LogP contribution is -2.41. The van der Waals surface area contributed by atoms with E-state index in [1.807, 2.05) is 13.8 Å². The molecule has 140 valence electrons. The highest BCUT2D eigenvalue weighted by Crippen LogP contribution is 2.16. The van der Waals surface area contributed by atoms with Crippen LogP contribution in [0.4, 0.5) is 4.39 Å². The average Bonchev–Trinajstić information content (AvgIpc) is 2.93. The van der Waals surface area contributed by atoms with Gasteiger partial charge in [-0.2, -0.15) is 0 Å². The number of aryl methyl sites for hydroxylation is 2. The molecule has 0 saturated carbocycles. The second kappa shape index (κ2) is 9.86. The van der Waals surface area contributed by atoms with E-state index in [4.69, 9.17) is 0 Å². The zero-order chi connectivity index (χ0) is 18.9. The van der Waals surface area contributed by atoms with Crippen molar-refractivity contribution in [2.75, 3.05) is 20.1 Å². The lowest BCUT2D eigenvalue weighted by molar-refractivity contribution is -0.120. The molecule has 0 aliphatic heterocycles. The third-order valence-corrected chi connectivity index (χ3v) is 4.73. The number of hydrogen-bond donors (Lipinski definition) is 3. The molecule has 0 saturated heterocycles. The maximum atomic E-state index is 12.8. The molecule has 6 nitrogen and oxygen atoms in total. The molecule has 1 aromatic carbocycles. The predicted molar refractivity (Wildman–Crippen MR) is 103 cm³/mol. The van der Waals surface area contributed by atoms with Crippen LogP contribution in [0.25, 0.3) is 0 Å². The number of carbonyl (C=O) groups is 1. The number of aliphatic imine (C=N–C) groups is 1. The summed E-state index contributed by atoms with van der Waals surface area (Å²) in [6, 6.07) is 5.93. The van der Waals surface area contributed by atoms with E-state index in [0.29, 0.717) is 25.6 Å². The second-order valence-corrected chi connectivity index (χ2v) is 7.03. The van der Waals surface area contributed by atoms with Gasteiger partial charge in [0.15, 0.2) is 5.96 Å². The van der Waals surface area contributed by atoms with Crippen molar-refractivity contribution in [1.29, 1.82) is 0 Å². The summed E-state index contributed by atoms with van der Waals surface area (Å²) in [6.45, 7) is 5.67. The molecule has 1 amide bonds. The van der Waals surface area contributed by atoms with Gasteiger partial charge in [-0.15, -0.1) is 11.3 Å². The van der Waals surface area contributed by atoms with Crippen molar-refractivity contribution in [3.63, 3.8) is 0 Å². The highest BCUT2D eigenvalue weighted by atomic mass is 32.1. The summed E-state index contributed by atoms with van der Waals surface area (Å²) in [5, 5.41) is 10.3. The van der Waals surface area contributed by atoms with Crippen LogP contribution in [0.5, 0.6) is 0 Å². The number of nitrogens with one attached hydrogen (secondary N) is 3. The maximum Gasteiger partial charge on any atom is 0.224 e. The average molecular weight is 377 g/mol. The van der Waals surface area contributed by atoms with Gasteiger partial charge in [0.05, 0.1) is 23.7 Å². The first-order valence-electron chi connectivity index (χ1n) is 8.36. The van der Waals surface area contributed by atoms with Crippen molar-refractivity contribution < 1.29 is 9.18 Å². The Hall–Kier alpha value is -2.48. The third kappa shape index (κ3) is 6.44. The molecule has 26 heavy (non-hydrogen) atoms. The van der Waals surface area contributed by atoms with Crippen molar-refractivity contribution in [3.05, 3.63) is 51.2 Å². The summed E-state index contributed by atoms with van der Waals surface area (Å²) in [4.78, 5) is 21.6. The normalized spacial score (nSPS) is 11.3. The van der Waals surface area contributed by atoms with Gasteiger partial charge in [0, 0.05) is 25.0 Å². The summed E-state index contributed by atoms with van der Waals surface area (Å²) in [6.07, 6.45) is 0.233. The lowest BCUT2D eigenvalue weighted by atomic mass is 10.1. The predicted octanol–water partition coefficient (Wildman–Crippen LogP) is 1.92. The quantitative estimate of drug-likeness (QED) is 0.391. The van der Waals surface area contributed by atoms with Gasteiger partial charge in [-0.1, -0.05) is 12.1 Å². The molecule has 8 heteroatoms. The summed E-state index contributed by atoms with van der Waals surface area (Å²) >= 11 is 1.66. The molecule has 2 aromatic rings.